The van der Waals surface area contributed by atoms with Gasteiger partial charge in [0.1, 0.15) is 0 Å². The van der Waals surface area contributed by atoms with Crippen LogP contribution in [-0.4, -0.2) is 46.3 Å². The smallest absolute Gasteiger partial charge is 0.185 e. The Hall–Kier alpha value is 0.0969. The molecule has 0 aromatic rings. The lowest BCUT2D eigenvalue weighted by Crippen LogP contribution is -2.41. The maximum absolute atomic E-state index is 5.78. The van der Waals surface area contributed by atoms with Crippen LogP contribution in [0.15, 0.2) is 0 Å². The van der Waals surface area contributed by atoms with Crippen LogP contribution in [0.5, 0.6) is 0 Å². The van der Waals surface area contributed by atoms with Crippen LogP contribution in [0, 0.1) is 0 Å². The molecular formula is C8H19NO2Si. The average molecular weight is 189 g/mol. The van der Waals surface area contributed by atoms with E-state index in [2.05, 4.69) is 24.5 Å². The van der Waals surface area contributed by atoms with Gasteiger partial charge in [-0.25, -0.2) is 0 Å². The fourth-order valence-electron chi connectivity index (χ4n) is 1.02. The second-order valence-corrected chi connectivity index (χ2v) is 8.63. The number of ether oxygens (including phenoxy) is 1. The van der Waals surface area contributed by atoms with Gasteiger partial charge in [0, 0.05) is 13.1 Å². The zero-order valence-electron chi connectivity index (χ0n) is 8.30. The number of hydrogen-bond acceptors (Lipinski definition) is 3. The van der Waals surface area contributed by atoms with E-state index in [1.807, 2.05) is 0 Å². The molecule has 0 aromatic heterocycles. The molecule has 1 saturated heterocycles. The summed E-state index contributed by atoms with van der Waals surface area (Å²) in [4.78, 5) is 2.31. The van der Waals surface area contributed by atoms with E-state index < -0.39 is 8.32 Å². The minimum Gasteiger partial charge on any atom is -0.405 e. The minimum absolute atomic E-state index is 0.791. The summed E-state index contributed by atoms with van der Waals surface area (Å²) in [6.45, 7) is 11.2. The van der Waals surface area contributed by atoms with Crippen molar-refractivity contribution in [3.8, 4) is 0 Å². The molecule has 3 nitrogen and oxygen atoms in total. The van der Waals surface area contributed by atoms with Gasteiger partial charge in [-0.3, -0.25) is 4.90 Å². The van der Waals surface area contributed by atoms with E-state index >= 15 is 0 Å². The Labute approximate surface area is 75.8 Å². The Morgan fingerprint density at radius 2 is 1.83 bits per heavy atom. The Morgan fingerprint density at radius 3 is 2.33 bits per heavy atom. The van der Waals surface area contributed by atoms with Crippen molar-refractivity contribution in [2.75, 3.05) is 33.0 Å². The number of rotatable bonds is 3. The van der Waals surface area contributed by atoms with Crippen molar-refractivity contribution in [1.82, 2.24) is 4.90 Å². The van der Waals surface area contributed by atoms with E-state index in [0.717, 1.165) is 33.0 Å². The molecule has 72 valence electrons. The fourth-order valence-corrected chi connectivity index (χ4v) is 1.59. The van der Waals surface area contributed by atoms with Crippen LogP contribution < -0.4 is 0 Å². The second-order valence-electron chi connectivity index (χ2n) is 4.12. The molecular weight excluding hydrogens is 170 g/mol. The van der Waals surface area contributed by atoms with Gasteiger partial charge >= 0.3 is 0 Å². The minimum atomic E-state index is -1.32. The molecule has 0 unspecified atom stereocenters. The molecule has 4 heteroatoms. The van der Waals surface area contributed by atoms with Crippen molar-refractivity contribution >= 4 is 8.32 Å². The SMILES string of the molecule is C[Si](C)(C)OCN1CCOCC1. The highest BCUT2D eigenvalue weighted by Crippen LogP contribution is 2.04. The van der Waals surface area contributed by atoms with Crippen LogP contribution in [0.1, 0.15) is 0 Å². The van der Waals surface area contributed by atoms with Crippen molar-refractivity contribution in [2.45, 2.75) is 19.6 Å². The van der Waals surface area contributed by atoms with E-state index in [1.165, 1.54) is 0 Å². The molecule has 0 saturated carbocycles. The fraction of sp³-hybridized carbons (Fsp3) is 1.00. The first-order valence-corrected chi connectivity index (χ1v) is 7.93. The third kappa shape index (κ3) is 4.20. The van der Waals surface area contributed by atoms with Gasteiger partial charge in [0.2, 0.25) is 0 Å². The summed E-state index contributed by atoms with van der Waals surface area (Å²) in [6.07, 6.45) is 0. The van der Waals surface area contributed by atoms with Crippen molar-refractivity contribution < 1.29 is 9.16 Å². The molecule has 0 N–H and O–H groups in total. The van der Waals surface area contributed by atoms with Crippen molar-refractivity contribution in [1.29, 1.82) is 0 Å². The Morgan fingerprint density at radius 1 is 1.25 bits per heavy atom. The number of hydrogen-bond donors (Lipinski definition) is 0. The highest BCUT2D eigenvalue weighted by Gasteiger charge is 2.17. The van der Waals surface area contributed by atoms with E-state index in [9.17, 15) is 0 Å². The number of nitrogens with zero attached hydrogens (tertiary/aromatic N) is 1. The third-order valence-electron chi connectivity index (χ3n) is 1.78. The van der Waals surface area contributed by atoms with Gasteiger partial charge in [-0.15, -0.1) is 0 Å². The van der Waals surface area contributed by atoms with Gasteiger partial charge in [0.15, 0.2) is 8.32 Å². The topological polar surface area (TPSA) is 21.7 Å². The summed E-state index contributed by atoms with van der Waals surface area (Å²) in [5.74, 6) is 0. The predicted octanol–water partition coefficient (Wildman–Crippen LogP) is 1.13. The standard InChI is InChI=1S/C8H19NO2Si/c1-12(2,3)11-8-9-4-6-10-7-5-9/h4-8H2,1-3H3. The maximum atomic E-state index is 5.78. The largest absolute Gasteiger partial charge is 0.405 e. The summed E-state index contributed by atoms with van der Waals surface area (Å²) in [5, 5.41) is 0. The van der Waals surface area contributed by atoms with Crippen molar-refractivity contribution in [2.24, 2.45) is 0 Å². The molecule has 0 spiro atoms. The van der Waals surface area contributed by atoms with Crippen LogP contribution in [0.4, 0.5) is 0 Å². The second kappa shape index (κ2) is 4.37. The highest BCUT2D eigenvalue weighted by atomic mass is 28.4. The van der Waals surface area contributed by atoms with Crippen molar-refractivity contribution in [3.63, 3.8) is 0 Å². The quantitative estimate of drug-likeness (QED) is 0.621. The molecule has 0 radical (unpaired) electrons. The predicted molar refractivity (Wildman–Crippen MR) is 51.7 cm³/mol. The first-order valence-electron chi connectivity index (χ1n) is 4.52. The van der Waals surface area contributed by atoms with Crippen LogP contribution in [-0.2, 0) is 9.16 Å². The van der Waals surface area contributed by atoms with Crippen molar-refractivity contribution in [3.05, 3.63) is 0 Å². The molecule has 0 atom stereocenters. The van der Waals surface area contributed by atoms with Crippen LogP contribution in [0.2, 0.25) is 19.6 Å². The van der Waals surface area contributed by atoms with Crippen LogP contribution in [0.25, 0.3) is 0 Å². The van der Waals surface area contributed by atoms with E-state index in [-0.39, 0.29) is 0 Å². The maximum Gasteiger partial charge on any atom is 0.185 e. The Kier molecular flexibility index (Phi) is 3.70. The van der Waals surface area contributed by atoms with Gasteiger partial charge < -0.3 is 9.16 Å². The van der Waals surface area contributed by atoms with Gasteiger partial charge in [0.05, 0.1) is 19.9 Å². The highest BCUT2D eigenvalue weighted by molar-refractivity contribution is 6.69. The molecule has 1 aliphatic rings. The summed E-state index contributed by atoms with van der Waals surface area (Å²) >= 11 is 0. The molecule has 0 amide bonds. The lowest BCUT2D eigenvalue weighted by atomic mass is 10.5. The molecule has 0 aromatic carbocycles. The Balaban J connectivity index is 2.13. The summed E-state index contributed by atoms with van der Waals surface area (Å²) in [6, 6.07) is 0. The first-order chi connectivity index (χ1) is 5.58. The van der Waals surface area contributed by atoms with Gasteiger partial charge in [0.25, 0.3) is 0 Å². The lowest BCUT2D eigenvalue weighted by Gasteiger charge is -2.29. The monoisotopic (exact) mass is 189 g/mol. The molecule has 1 aliphatic heterocycles. The van der Waals surface area contributed by atoms with Gasteiger partial charge in [-0.1, -0.05) is 0 Å². The zero-order valence-corrected chi connectivity index (χ0v) is 9.30. The Bertz CT molecular complexity index is 130. The molecule has 1 fully saturated rings. The van der Waals surface area contributed by atoms with Crippen LogP contribution >= 0.6 is 0 Å². The molecule has 1 rings (SSSR count). The first kappa shape index (κ1) is 10.2. The summed E-state index contributed by atoms with van der Waals surface area (Å²) < 4.78 is 11.0. The van der Waals surface area contributed by atoms with Crippen LogP contribution in [0.3, 0.4) is 0 Å². The third-order valence-corrected chi connectivity index (χ3v) is 2.78. The molecule has 0 bridgehead atoms. The zero-order chi connectivity index (χ0) is 9.03. The number of morpholine rings is 1. The summed E-state index contributed by atoms with van der Waals surface area (Å²) in [7, 11) is -1.32. The normalized spacial score (nSPS) is 21.2. The molecule has 0 aliphatic carbocycles. The molecule has 1 heterocycles. The molecule has 12 heavy (non-hydrogen) atoms. The van der Waals surface area contributed by atoms with E-state index in [0.29, 0.717) is 0 Å². The summed E-state index contributed by atoms with van der Waals surface area (Å²) in [5.41, 5.74) is 0. The van der Waals surface area contributed by atoms with Gasteiger partial charge in [-0.2, -0.15) is 0 Å². The van der Waals surface area contributed by atoms with E-state index in [4.69, 9.17) is 9.16 Å². The van der Waals surface area contributed by atoms with E-state index in [1.54, 1.807) is 0 Å². The van der Waals surface area contributed by atoms with Gasteiger partial charge in [-0.05, 0) is 19.6 Å². The average Bonchev–Trinajstić information content (AvgIpc) is 2.02. The lowest BCUT2D eigenvalue weighted by molar-refractivity contribution is 0.00205.